The Morgan fingerprint density at radius 1 is 0.393 bits per heavy atom. The van der Waals surface area contributed by atoms with Gasteiger partial charge in [-0.1, -0.05) is 157 Å². The molecule has 8 aromatic carbocycles. The third-order valence-electron chi connectivity index (χ3n) is 8.86. The summed E-state index contributed by atoms with van der Waals surface area (Å²) in [6.07, 6.45) is 0. The molecule has 0 saturated heterocycles. The van der Waals surface area contributed by atoms with Crippen LogP contribution in [0.1, 0.15) is 24.7 Å². The molecule has 56 heavy (non-hydrogen) atoms. The molecular weight excluding hydrogens is 701 g/mol. The van der Waals surface area contributed by atoms with Crippen LogP contribution >= 0.6 is 11.3 Å². The molecule has 10 aromatic rings. The first-order valence-corrected chi connectivity index (χ1v) is 18.0. The van der Waals surface area contributed by atoms with Crippen LogP contribution in [0.25, 0.3) is 76.6 Å². The number of aromatic nitrogens is 3. The van der Waals surface area contributed by atoms with Gasteiger partial charge in [-0.15, -0.1) is 11.3 Å². The largest absolute Gasteiger partial charge is 0.311 e. The fourth-order valence-corrected chi connectivity index (χ4v) is 7.44. The second-order valence-corrected chi connectivity index (χ2v) is 13.4. The van der Waals surface area contributed by atoms with Gasteiger partial charge >= 0.3 is 0 Å². The van der Waals surface area contributed by atoms with Gasteiger partial charge in [-0.25, -0.2) is 15.0 Å². The Balaban J connectivity index is 1.17. The maximum Gasteiger partial charge on any atom is 0.164 e. The van der Waals surface area contributed by atoms with E-state index in [2.05, 4.69) is 0 Å². The van der Waals surface area contributed by atoms with Crippen LogP contribution in [-0.2, 0) is 0 Å². The molecule has 0 aliphatic carbocycles. The fourth-order valence-electron chi connectivity index (χ4n) is 6.27. The van der Waals surface area contributed by atoms with Gasteiger partial charge in [0.25, 0.3) is 0 Å². The highest BCUT2D eigenvalue weighted by Gasteiger charge is 2.18. The summed E-state index contributed by atoms with van der Waals surface area (Å²) >= 11 is 1.40. The Hall–Kier alpha value is -7.21. The number of fused-ring (bicyclic) bond motifs is 3. The van der Waals surface area contributed by atoms with Crippen molar-refractivity contribution < 1.29 is 24.7 Å². The zero-order valence-electron chi connectivity index (χ0n) is 46.9. The van der Waals surface area contributed by atoms with Crippen molar-refractivity contribution in [3.05, 3.63) is 206 Å². The molecule has 0 aliphatic heterocycles. The van der Waals surface area contributed by atoms with Gasteiger partial charge in [0, 0.05) is 53.9 Å². The number of hydrogen-bond donors (Lipinski definition) is 0. The number of hydrogen-bond acceptors (Lipinski definition) is 5. The number of thiophene rings is 1. The normalized spacial score (nSPS) is 15.7. The van der Waals surface area contributed by atoms with Crippen molar-refractivity contribution >= 4 is 48.6 Å². The quantitative estimate of drug-likeness (QED) is 0.155. The molecule has 0 aliphatic rings. The highest BCUT2D eigenvalue weighted by atomic mass is 32.1. The molecule has 264 valence electrons. The smallest absolute Gasteiger partial charge is 0.164 e. The van der Waals surface area contributed by atoms with Crippen LogP contribution in [0.4, 0.5) is 17.1 Å². The molecule has 0 spiro atoms. The van der Waals surface area contributed by atoms with Crippen LogP contribution in [0.3, 0.4) is 0 Å². The number of anilines is 3. The summed E-state index contributed by atoms with van der Waals surface area (Å²) in [6.45, 7) is 0. The van der Waals surface area contributed by atoms with E-state index < -0.39 is 137 Å². The zero-order chi connectivity index (χ0) is 52.9. The molecule has 10 rings (SSSR count). The first-order valence-electron chi connectivity index (χ1n) is 26.2. The molecule has 2 aromatic heterocycles. The van der Waals surface area contributed by atoms with Gasteiger partial charge in [-0.2, -0.15) is 0 Å². The minimum absolute atomic E-state index is 0.196. The summed E-state index contributed by atoms with van der Waals surface area (Å²) in [5.41, 5.74) is -1.58. The van der Waals surface area contributed by atoms with Gasteiger partial charge < -0.3 is 4.90 Å². The topological polar surface area (TPSA) is 41.9 Å². The van der Waals surface area contributed by atoms with Gasteiger partial charge in [-0.3, -0.25) is 0 Å². The lowest BCUT2D eigenvalue weighted by atomic mass is 10.0. The van der Waals surface area contributed by atoms with Crippen molar-refractivity contribution in [3.63, 3.8) is 0 Å². The molecule has 0 saturated carbocycles. The monoisotopic (exact) mass is 752 g/mol. The van der Waals surface area contributed by atoms with E-state index in [1.165, 1.54) is 11.3 Å². The number of benzene rings is 8. The summed E-state index contributed by atoms with van der Waals surface area (Å²) in [4.78, 5) is 15.3. The van der Waals surface area contributed by atoms with E-state index in [4.69, 9.17) is 31.4 Å². The first-order chi connectivity index (χ1) is 35.2. The predicted octanol–water partition coefficient (Wildman–Crippen LogP) is 14.0. The Kier molecular flexibility index (Phi) is 5.04. The number of para-hydroxylation sites is 1. The van der Waals surface area contributed by atoms with Crippen LogP contribution in [-0.4, -0.2) is 15.0 Å². The first kappa shape index (κ1) is 19.4. The molecule has 0 N–H and O–H groups in total. The molecule has 0 radical (unpaired) electrons. The van der Waals surface area contributed by atoms with Gasteiger partial charge in [0.1, 0.15) is 0 Å². The van der Waals surface area contributed by atoms with Gasteiger partial charge in [0.05, 0.1) is 24.7 Å². The molecule has 5 heteroatoms. The van der Waals surface area contributed by atoms with Crippen LogP contribution in [0.5, 0.6) is 0 Å². The van der Waals surface area contributed by atoms with E-state index >= 15 is 0 Å². The summed E-state index contributed by atoms with van der Waals surface area (Å²) in [6, 6.07) is 14.1. The Morgan fingerprint density at radius 3 is 1.52 bits per heavy atom. The van der Waals surface area contributed by atoms with Crippen molar-refractivity contribution in [2.24, 2.45) is 0 Å². The van der Waals surface area contributed by atoms with E-state index in [9.17, 15) is 8.22 Å². The molecule has 4 nitrogen and oxygen atoms in total. The van der Waals surface area contributed by atoms with E-state index in [-0.39, 0.29) is 11.1 Å². The third kappa shape index (κ3) is 6.40. The summed E-state index contributed by atoms with van der Waals surface area (Å²) < 4.78 is 161. The van der Waals surface area contributed by atoms with E-state index in [1.54, 1.807) is 18.2 Å². The molecule has 0 atom stereocenters. The number of nitrogens with zero attached hydrogens (tertiary/aromatic N) is 4. The van der Waals surface area contributed by atoms with Crippen molar-refractivity contribution in [2.75, 3.05) is 4.90 Å². The lowest BCUT2D eigenvalue weighted by Crippen LogP contribution is -2.09. The average molecular weight is 753 g/mol. The standard InChI is InChI=1S/C51H34N4S/c1-5-14-35(15-6-1)36-24-29-42(30-25-36)55(41-20-11-4-12-21-41)43-31-26-37(27-32-43)40-28-33-44-47(34-40)56-46-23-13-22-45(48(44)46)51-53-49(38-16-7-2-8-17-38)52-50(54-51)39-18-9-3-10-19-39/h1-34H/i1D,4D,5D,6D,11D,12D,14D,15D,20D,21D,24D,25D,26D,27D,29D,30D,31D,32D. The minimum Gasteiger partial charge on any atom is -0.311 e. The van der Waals surface area contributed by atoms with Gasteiger partial charge in [0.2, 0.25) is 0 Å². The van der Waals surface area contributed by atoms with Crippen molar-refractivity contribution in [3.8, 4) is 56.4 Å². The Morgan fingerprint density at radius 2 is 0.911 bits per heavy atom. The van der Waals surface area contributed by atoms with E-state index in [1.807, 2.05) is 78.9 Å². The lowest BCUT2D eigenvalue weighted by molar-refractivity contribution is 1.08. The molecule has 0 unspecified atom stereocenters. The maximum absolute atomic E-state index is 9.50. The molecular formula is C51H34N4S. The second kappa shape index (κ2) is 14.6. The summed E-state index contributed by atoms with van der Waals surface area (Å²) in [5, 5.41) is 1.58. The maximum atomic E-state index is 9.50. The van der Waals surface area contributed by atoms with Gasteiger partial charge in [0.15, 0.2) is 17.5 Å². The SMILES string of the molecule is [2H]c1c([2H])c([2H])c(-c2c([2H])c([2H])c(N(c3c([2H])c([2H])c([2H])c([2H])c3[2H])c3c([2H])c([2H])c(-c4ccc5c(c4)sc4cccc(-c6nc(-c7ccccc7)nc(-c7ccccc7)n6)c45)c([2H])c3[2H])c([2H])c2[2H])c([2H])c1[2H]. The highest BCUT2D eigenvalue weighted by molar-refractivity contribution is 7.26. The van der Waals surface area contributed by atoms with Crippen LogP contribution in [0.15, 0.2) is 206 Å². The van der Waals surface area contributed by atoms with Crippen molar-refractivity contribution in [1.29, 1.82) is 0 Å². The Bertz CT molecular complexity index is 3850. The summed E-state index contributed by atoms with van der Waals surface area (Å²) in [7, 11) is 0. The molecule has 2 heterocycles. The van der Waals surface area contributed by atoms with E-state index in [0.29, 0.717) is 32.6 Å². The lowest BCUT2D eigenvalue weighted by Gasteiger charge is -2.26. The van der Waals surface area contributed by atoms with Crippen molar-refractivity contribution in [2.45, 2.75) is 0 Å². The van der Waals surface area contributed by atoms with Crippen molar-refractivity contribution in [1.82, 2.24) is 15.0 Å². The average Bonchev–Trinajstić information content (AvgIpc) is 3.79. The van der Waals surface area contributed by atoms with Gasteiger partial charge in [-0.05, 0) is 70.6 Å². The zero-order valence-corrected chi connectivity index (χ0v) is 29.8. The minimum atomic E-state index is -1.03. The van der Waals surface area contributed by atoms with Crippen LogP contribution < -0.4 is 4.90 Å². The van der Waals surface area contributed by atoms with E-state index in [0.717, 1.165) is 26.6 Å². The molecule has 0 amide bonds. The highest BCUT2D eigenvalue weighted by Crippen LogP contribution is 2.42. The van der Waals surface area contributed by atoms with Crippen LogP contribution in [0.2, 0.25) is 0 Å². The number of rotatable bonds is 8. The second-order valence-electron chi connectivity index (χ2n) is 12.3. The molecule has 0 bridgehead atoms. The Labute approximate surface area is 355 Å². The predicted molar refractivity (Wildman–Crippen MR) is 235 cm³/mol. The molecule has 0 fully saturated rings. The fraction of sp³-hybridized carbons (Fsp3) is 0. The third-order valence-corrected chi connectivity index (χ3v) is 9.98. The summed E-state index contributed by atoms with van der Waals surface area (Å²) in [5.74, 6) is 1.35. The van der Waals surface area contributed by atoms with Crippen LogP contribution in [0, 0.1) is 0 Å².